The lowest BCUT2D eigenvalue weighted by molar-refractivity contribution is 0.0944. The monoisotopic (exact) mass is 244 g/mol. The minimum Gasteiger partial charge on any atom is -0.325 e. The van der Waals surface area contributed by atoms with E-state index in [1.54, 1.807) is 6.20 Å². The molecule has 18 heavy (non-hydrogen) atoms. The highest BCUT2D eigenvalue weighted by molar-refractivity contribution is 5.96. The summed E-state index contributed by atoms with van der Waals surface area (Å²) in [4.78, 5) is 16.4. The van der Waals surface area contributed by atoms with Crippen LogP contribution >= 0.6 is 0 Å². The van der Waals surface area contributed by atoms with Gasteiger partial charge in [0.25, 0.3) is 0 Å². The largest absolute Gasteiger partial charge is 0.325 e. The second-order valence-corrected chi connectivity index (χ2v) is 5.80. The molecule has 1 aromatic heterocycles. The number of carbonyl (C=O) groups is 1. The van der Waals surface area contributed by atoms with Gasteiger partial charge >= 0.3 is 0 Å². The fourth-order valence-corrected chi connectivity index (χ4v) is 3.75. The van der Waals surface area contributed by atoms with E-state index in [0.717, 1.165) is 29.5 Å². The second-order valence-electron chi connectivity index (χ2n) is 5.80. The Labute approximate surface area is 108 Å². The van der Waals surface area contributed by atoms with Gasteiger partial charge in [-0.05, 0) is 49.1 Å². The van der Waals surface area contributed by atoms with Crippen LogP contribution in [0.2, 0.25) is 0 Å². The minimum atomic E-state index is 0.268. The lowest BCUT2D eigenvalue weighted by atomic mass is 9.84. The van der Waals surface area contributed by atoms with E-state index in [9.17, 15) is 4.79 Å². The van der Waals surface area contributed by atoms with Crippen molar-refractivity contribution in [3.63, 3.8) is 0 Å². The predicted octanol–water partition coefficient (Wildman–Crippen LogP) is 2.55. The highest BCUT2D eigenvalue weighted by Crippen LogP contribution is 2.49. The fraction of sp³-hybridized carbons (Fsp3) is 0.600. The van der Waals surface area contributed by atoms with Gasteiger partial charge in [-0.15, -0.1) is 0 Å². The van der Waals surface area contributed by atoms with Gasteiger partial charge in [-0.1, -0.05) is 6.42 Å². The molecule has 2 aliphatic rings. The quantitative estimate of drug-likeness (QED) is 0.828. The molecular formula is C15H20N2O. The smallest absolute Gasteiger partial charge is 0.163 e. The second kappa shape index (κ2) is 4.81. The number of rotatable bonds is 4. The van der Waals surface area contributed by atoms with E-state index < -0.39 is 0 Å². The van der Waals surface area contributed by atoms with Crippen LogP contribution in [0.15, 0.2) is 18.3 Å². The van der Waals surface area contributed by atoms with Crippen molar-refractivity contribution in [3.05, 3.63) is 29.6 Å². The molecule has 0 saturated heterocycles. The zero-order valence-corrected chi connectivity index (χ0v) is 10.6. The molecule has 0 spiro atoms. The fourth-order valence-electron chi connectivity index (χ4n) is 3.75. The highest BCUT2D eigenvalue weighted by atomic mass is 16.1. The molecular weight excluding hydrogens is 224 g/mol. The SMILES string of the molecule is NCc1cc(C(=O)CC2CC3CCC2C3)ccn1. The molecule has 0 radical (unpaired) electrons. The van der Waals surface area contributed by atoms with Crippen LogP contribution in [-0.4, -0.2) is 10.8 Å². The van der Waals surface area contributed by atoms with E-state index in [1.807, 2.05) is 12.1 Å². The Kier molecular flexibility index (Phi) is 3.16. The van der Waals surface area contributed by atoms with E-state index in [0.29, 0.717) is 12.5 Å². The van der Waals surface area contributed by atoms with Gasteiger partial charge < -0.3 is 5.73 Å². The molecule has 0 aliphatic heterocycles. The van der Waals surface area contributed by atoms with Gasteiger partial charge in [-0.2, -0.15) is 0 Å². The molecule has 1 heterocycles. The van der Waals surface area contributed by atoms with Crippen LogP contribution in [0.5, 0.6) is 0 Å². The number of nitrogens with two attached hydrogens (primary N) is 1. The van der Waals surface area contributed by atoms with Crippen molar-refractivity contribution in [1.29, 1.82) is 0 Å². The Bertz CT molecular complexity index is 458. The maximum Gasteiger partial charge on any atom is 0.163 e. The summed E-state index contributed by atoms with van der Waals surface area (Å²) in [7, 11) is 0. The first-order valence-corrected chi connectivity index (χ1v) is 6.94. The first kappa shape index (κ1) is 11.8. The molecule has 3 unspecified atom stereocenters. The minimum absolute atomic E-state index is 0.268. The molecule has 3 rings (SSSR count). The zero-order valence-electron chi connectivity index (χ0n) is 10.6. The summed E-state index contributed by atoms with van der Waals surface area (Å²) in [5.74, 6) is 2.62. The molecule has 0 amide bonds. The van der Waals surface area contributed by atoms with Gasteiger partial charge in [0, 0.05) is 24.7 Å². The summed E-state index contributed by atoms with van der Waals surface area (Å²) in [6, 6.07) is 3.66. The maximum atomic E-state index is 12.3. The van der Waals surface area contributed by atoms with Crippen LogP contribution in [0.1, 0.15) is 48.2 Å². The number of aromatic nitrogens is 1. The van der Waals surface area contributed by atoms with E-state index in [-0.39, 0.29) is 5.78 Å². The molecule has 0 aromatic carbocycles. The molecule has 3 nitrogen and oxygen atoms in total. The van der Waals surface area contributed by atoms with E-state index >= 15 is 0 Å². The van der Waals surface area contributed by atoms with E-state index in [2.05, 4.69) is 4.98 Å². The number of ketones is 1. The number of fused-ring (bicyclic) bond motifs is 2. The third-order valence-corrected chi connectivity index (χ3v) is 4.68. The summed E-state index contributed by atoms with van der Waals surface area (Å²) in [6.07, 6.45) is 7.77. The molecule has 3 atom stereocenters. The van der Waals surface area contributed by atoms with Crippen molar-refractivity contribution < 1.29 is 4.79 Å². The first-order valence-electron chi connectivity index (χ1n) is 6.94. The summed E-state index contributed by atoms with van der Waals surface area (Å²) in [5, 5.41) is 0. The van der Waals surface area contributed by atoms with Crippen LogP contribution in [0.25, 0.3) is 0 Å². The van der Waals surface area contributed by atoms with Gasteiger partial charge in [0.05, 0.1) is 5.69 Å². The zero-order chi connectivity index (χ0) is 12.5. The highest BCUT2D eigenvalue weighted by Gasteiger charge is 2.40. The Balaban J connectivity index is 1.67. The molecule has 1 aromatic rings. The molecule has 2 fully saturated rings. The Hall–Kier alpha value is -1.22. The molecule has 2 bridgehead atoms. The van der Waals surface area contributed by atoms with Crippen molar-refractivity contribution in [3.8, 4) is 0 Å². The van der Waals surface area contributed by atoms with Crippen LogP contribution in [-0.2, 0) is 6.54 Å². The third-order valence-electron chi connectivity index (χ3n) is 4.68. The normalized spacial score (nSPS) is 29.7. The summed E-state index contributed by atoms with van der Waals surface area (Å²) in [5.41, 5.74) is 7.14. The number of nitrogens with zero attached hydrogens (tertiary/aromatic N) is 1. The molecule has 2 saturated carbocycles. The van der Waals surface area contributed by atoms with Crippen LogP contribution in [0.4, 0.5) is 0 Å². The predicted molar refractivity (Wildman–Crippen MR) is 70.0 cm³/mol. The first-order chi connectivity index (χ1) is 8.76. The van der Waals surface area contributed by atoms with Gasteiger partial charge in [0.1, 0.15) is 0 Å². The summed E-state index contributed by atoms with van der Waals surface area (Å²) < 4.78 is 0. The number of carbonyl (C=O) groups excluding carboxylic acids is 1. The summed E-state index contributed by atoms with van der Waals surface area (Å²) in [6.45, 7) is 0.398. The molecule has 96 valence electrons. The Morgan fingerprint density at radius 3 is 2.94 bits per heavy atom. The lowest BCUT2D eigenvalue weighted by Crippen LogP contribution is -2.15. The average Bonchev–Trinajstić information content (AvgIpc) is 3.01. The van der Waals surface area contributed by atoms with Crippen molar-refractivity contribution in [2.45, 2.75) is 38.6 Å². The van der Waals surface area contributed by atoms with Crippen molar-refractivity contribution in [2.75, 3.05) is 0 Å². The molecule has 3 heteroatoms. The van der Waals surface area contributed by atoms with Gasteiger partial charge in [0.2, 0.25) is 0 Å². The standard InChI is InChI=1S/C15H20N2O/c16-9-14-7-12(3-4-17-14)15(18)8-13-6-10-1-2-11(13)5-10/h3-4,7,10-11,13H,1-2,5-6,8-9,16H2. The topological polar surface area (TPSA) is 56.0 Å². The average molecular weight is 244 g/mol. The third kappa shape index (κ3) is 2.19. The summed E-state index contributed by atoms with van der Waals surface area (Å²) >= 11 is 0. The van der Waals surface area contributed by atoms with Gasteiger partial charge in [0.15, 0.2) is 5.78 Å². The van der Waals surface area contributed by atoms with Crippen molar-refractivity contribution in [2.24, 2.45) is 23.5 Å². The van der Waals surface area contributed by atoms with Crippen molar-refractivity contribution >= 4 is 5.78 Å². The van der Waals surface area contributed by atoms with E-state index in [4.69, 9.17) is 5.73 Å². The number of pyridine rings is 1. The lowest BCUT2D eigenvalue weighted by Gasteiger charge is -2.20. The Morgan fingerprint density at radius 2 is 2.28 bits per heavy atom. The van der Waals surface area contributed by atoms with Crippen LogP contribution < -0.4 is 5.73 Å². The number of hydrogen-bond donors (Lipinski definition) is 1. The van der Waals surface area contributed by atoms with Crippen LogP contribution in [0.3, 0.4) is 0 Å². The van der Waals surface area contributed by atoms with Gasteiger partial charge in [-0.25, -0.2) is 0 Å². The van der Waals surface area contributed by atoms with Gasteiger partial charge in [-0.3, -0.25) is 9.78 Å². The van der Waals surface area contributed by atoms with E-state index in [1.165, 1.54) is 25.7 Å². The molecule has 2 aliphatic carbocycles. The Morgan fingerprint density at radius 1 is 1.39 bits per heavy atom. The number of hydrogen-bond acceptors (Lipinski definition) is 3. The van der Waals surface area contributed by atoms with Crippen molar-refractivity contribution in [1.82, 2.24) is 4.98 Å². The molecule has 2 N–H and O–H groups in total. The maximum absolute atomic E-state index is 12.3. The van der Waals surface area contributed by atoms with Crippen LogP contribution in [0, 0.1) is 17.8 Å². The number of Topliss-reactive ketones (excluding diaryl/α,β-unsaturated/α-hetero) is 1.